The third kappa shape index (κ3) is 8.06. The zero-order chi connectivity index (χ0) is 11.6. The molecule has 0 aliphatic heterocycles. The standard InChI is InChI=1S/C13H22N2O.ClH/c1-2-10-15-13(16)9-11-14-12-7-5-3-4-6-8-12;/h1,12,14H,3-11H2,(H,15,16);1H. The number of amides is 1. The highest BCUT2D eigenvalue weighted by molar-refractivity contribution is 5.85. The Morgan fingerprint density at radius 3 is 2.47 bits per heavy atom. The second-order valence-corrected chi connectivity index (χ2v) is 4.37. The van der Waals surface area contributed by atoms with Gasteiger partial charge in [-0.05, 0) is 12.8 Å². The Morgan fingerprint density at radius 2 is 1.88 bits per heavy atom. The zero-order valence-electron chi connectivity index (χ0n) is 10.3. The monoisotopic (exact) mass is 258 g/mol. The molecule has 1 fully saturated rings. The number of halogens is 1. The van der Waals surface area contributed by atoms with Gasteiger partial charge >= 0.3 is 0 Å². The van der Waals surface area contributed by atoms with Crippen LogP contribution in [0.3, 0.4) is 0 Å². The average molecular weight is 259 g/mol. The van der Waals surface area contributed by atoms with Crippen LogP contribution < -0.4 is 10.6 Å². The van der Waals surface area contributed by atoms with E-state index in [0.717, 1.165) is 6.54 Å². The molecule has 3 nitrogen and oxygen atoms in total. The summed E-state index contributed by atoms with van der Waals surface area (Å²) in [6, 6.07) is 0.614. The highest BCUT2D eigenvalue weighted by Crippen LogP contribution is 2.16. The molecule has 1 aliphatic rings. The van der Waals surface area contributed by atoms with Crippen LogP contribution in [0.25, 0.3) is 0 Å². The Morgan fingerprint density at radius 1 is 1.24 bits per heavy atom. The largest absolute Gasteiger partial charge is 0.345 e. The number of hydrogen-bond donors (Lipinski definition) is 2. The Kier molecular flexibility index (Phi) is 9.99. The first-order valence-electron chi connectivity index (χ1n) is 6.26. The van der Waals surface area contributed by atoms with Crippen molar-refractivity contribution >= 4 is 18.3 Å². The van der Waals surface area contributed by atoms with Crippen LogP contribution in [0, 0.1) is 12.3 Å². The molecular weight excluding hydrogens is 236 g/mol. The van der Waals surface area contributed by atoms with E-state index in [2.05, 4.69) is 16.6 Å². The summed E-state index contributed by atoms with van der Waals surface area (Å²) in [6.45, 7) is 1.10. The molecule has 0 aromatic carbocycles. The van der Waals surface area contributed by atoms with Crippen molar-refractivity contribution in [2.24, 2.45) is 0 Å². The number of rotatable bonds is 5. The number of carbonyl (C=O) groups excluding carboxylic acids is 1. The van der Waals surface area contributed by atoms with Crippen LogP contribution in [0.2, 0.25) is 0 Å². The van der Waals surface area contributed by atoms with E-state index in [1.165, 1.54) is 38.5 Å². The fourth-order valence-corrected chi connectivity index (χ4v) is 2.11. The summed E-state index contributed by atoms with van der Waals surface area (Å²) in [4.78, 5) is 11.3. The van der Waals surface area contributed by atoms with Gasteiger partial charge in [-0.3, -0.25) is 4.79 Å². The molecule has 17 heavy (non-hydrogen) atoms. The Balaban J connectivity index is 0.00000256. The maximum Gasteiger partial charge on any atom is 0.222 e. The molecule has 1 saturated carbocycles. The van der Waals surface area contributed by atoms with Crippen molar-refractivity contribution in [3.05, 3.63) is 0 Å². The first-order valence-corrected chi connectivity index (χ1v) is 6.26. The molecule has 0 bridgehead atoms. The van der Waals surface area contributed by atoms with Crippen LogP contribution >= 0.6 is 12.4 Å². The molecule has 0 unspecified atom stereocenters. The molecule has 0 atom stereocenters. The van der Waals surface area contributed by atoms with Gasteiger partial charge in [0.25, 0.3) is 0 Å². The molecule has 98 valence electrons. The summed E-state index contributed by atoms with van der Waals surface area (Å²) in [5.41, 5.74) is 0. The van der Waals surface area contributed by atoms with E-state index >= 15 is 0 Å². The number of carbonyl (C=O) groups is 1. The third-order valence-electron chi connectivity index (χ3n) is 3.03. The summed E-state index contributed by atoms with van der Waals surface area (Å²) in [7, 11) is 0. The quantitative estimate of drug-likeness (QED) is 0.584. The molecular formula is C13H23ClN2O. The summed E-state index contributed by atoms with van der Waals surface area (Å²) in [5, 5.41) is 6.12. The number of terminal acetylenes is 1. The van der Waals surface area contributed by atoms with E-state index in [9.17, 15) is 4.79 Å². The van der Waals surface area contributed by atoms with Crippen molar-refractivity contribution < 1.29 is 4.79 Å². The topological polar surface area (TPSA) is 41.1 Å². The van der Waals surface area contributed by atoms with E-state index in [1.54, 1.807) is 0 Å². The number of nitrogens with one attached hydrogen (secondary N) is 2. The first-order chi connectivity index (χ1) is 7.83. The van der Waals surface area contributed by atoms with Crippen LogP contribution in [0.4, 0.5) is 0 Å². The van der Waals surface area contributed by atoms with E-state index < -0.39 is 0 Å². The van der Waals surface area contributed by atoms with Gasteiger partial charge in [-0.2, -0.15) is 0 Å². The maximum atomic E-state index is 11.3. The summed E-state index contributed by atoms with van der Waals surface area (Å²) in [5.74, 6) is 2.44. The lowest BCUT2D eigenvalue weighted by Gasteiger charge is -2.15. The molecule has 0 aromatic heterocycles. The lowest BCUT2D eigenvalue weighted by Crippen LogP contribution is -2.33. The SMILES string of the molecule is C#CCNC(=O)CCNC1CCCCCC1.Cl. The van der Waals surface area contributed by atoms with Crippen molar-refractivity contribution in [2.45, 2.75) is 51.0 Å². The Hall–Kier alpha value is -0.720. The Bertz CT molecular complexity index is 242. The third-order valence-corrected chi connectivity index (χ3v) is 3.03. The highest BCUT2D eigenvalue weighted by Gasteiger charge is 2.11. The van der Waals surface area contributed by atoms with Gasteiger partial charge in [0.15, 0.2) is 0 Å². The van der Waals surface area contributed by atoms with Crippen molar-refractivity contribution in [1.82, 2.24) is 10.6 Å². The maximum absolute atomic E-state index is 11.3. The minimum absolute atomic E-state index is 0. The van der Waals surface area contributed by atoms with Gasteiger partial charge < -0.3 is 10.6 Å². The van der Waals surface area contributed by atoms with Gasteiger partial charge in [0.2, 0.25) is 5.91 Å². The van der Waals surface area contributed by atoms with E-state index in [4.69, 9.17) is 6.42 Å². The van der Waals surface area contributed by atoms with E-state index in [1.807, 2.05) is 0 Å². The van der Waals surface area contributed by atoms with Gasteiger partial charge in [-0.25, -0.2) is 0 Å². The highest BCUT2D eigenvalue weighted by atomic mass is 35.5. The van der Waals surface area contributed by atoms with Gasteiger partial charge in [-0.1, -0.05) is 31.6 Å². The van der Waals surface area contributed by atoms with Gasteiger partial charge in [-0.15, -0.1) is 18.8 Å². The van der Waals surface area contributed by atoms with Crippen LogP contribution in [-0.4, -0.2) is 25.0 Å². The van der Waals surface area contributed by atoms with Crippen LogP contribution in [0.1, 0.15) is 44.9 Å². The fourth-order valence-electron chi connectivity index (χ4n) is 2.11. The molecule has 1 rings (SSSR count). The van der Waals surface area contributed by atoms with Crippen molar-refractivity contribution in [3.63, 3.8) is 0 Å². The van der Waals surface area contributed by atoms with Crippen molar-refractivity contribution in [2.75, 3.05) is 13.1 Å². The fraction of sp³-hybridized carbons (Fsp3) is 0.769. The second kappa shape index (κ2) is 10.4. The molecule has 4 heteroatoms. The zero-order valence-corrected chi connectivity index (χ0v) is 11.2. The lowest BCUT2D eigenvalue weighted by molar-refractivity contribution is -0.120. The van der Waals surface area contributed by atoms with Crippen LogP contribution in [0.5, 0.6) is 0 Å². The predicted molar refractivity (Wildman–Crippen MR) is 73.2 cm³/mol. The smallest absolute Gasteiger partial charge is 0.222 e. The molecule has 0 spiro atoms. The predicted octanol–water partition coefficient (Wildman–Crippen LogP) is 1.86. The summed E-state index contributed by atoms with van der Waals surface area (Å²) < 4.78 is 0. The van der Waals surface area contributed by atoms with Crippen LogP contribution in [-0.2, 0) is 4.79 Å². The molecule has 0 saturated heterocycles. The van der Waals surface area contributed by atoms with E-state index in [0.29, 0.717) is 19.0 Å². The van der Waals surface area contributed by atoms with Crippen molar-refractivity contribution in [1.29, 1.82) is 0 Å². The molecule has 0 radical (unpaired) electrons. The second-order valence-electron chi connectivity index (χ2n) is 4.37. The van der Waals surface area contributed by atoms with Gasteiger partial charge in [0.1, 0.15) is 0 Å². The average Bonchev–Trinajstić information content (AvgIpc) is 2.55. The van der Waals surface area contributed by atoms with E-state index in [-0.39, 0.29) is 18.3 Å². The molecule has 0 aromatic rings. The van der Waals surface area contributed by atoms with Crippen molar-refractivity contribution in [3.8, 4) is 12.3 Å². The minimum atomic E-state index is 0. The Labute approximate surface area is 111 Å². The normalized spacial score (nSPS) is 16.4. The molecule has 1 aliphatic carbocycles. The molecule has 2 N–H and O–H groups in total. The minimum Gasteiger partial charge on any atom is -0.345 e. The summed E-state index contributed by atoms with van der Waals surface area (Å²) >= 11 is 0. The van der Waals surface area contributed by atoms with Gasteiger partial charge in [0.05, 0.1) is 6.54 Å². The molecule has 1 amide bonds. The first kappa shape index (κ1) is 16.3. The lowest BCUT2D eigenvalue weighted by atomic mass is 10.1. The number of hydrogen-bond acceptors (Lipinski definition) is 2. The summed E-state index contributed by atoms with van der Waals surface area (Å²) in [6.07, 6.45) is 13.5. The van der Waals surface area contributed by atoms with Crippen LogP contribution in [0.15, 0.2) is 0 Å². The van der Waals surface area contributed by atoms with Gasteiger partial charge in [0, 0.05) is 19.0 Å². The molecule has 0 heterocycles.